The lowest BCUT2D eigenvalue weighted by Crippen LogP contribution is -2.21. The van der Waals surface area contributed by atoms with Crippen LogP contribution in [0.3, 0.4) is 0 Å². The van der Waals surface area contributed by atoms with E-state index in [-0.39, 0.29) is 0 Å². The lowest BCUT2D eigenvalue weighted by Gasteiger charge is -2.15. The molecule has 0 atom stereocenters. The van der Waals surface area contributed by atoms with Gasteiger partial charge in [0.15, 0.2) is 0 Å². The number of carbonyl (C=O) groups excluding carboxylic acids is 1. The predicted octanol–water partition coefficient (Wildman–Crippen LogP) is 4.56. The highest BCUT2D eigenvalue weighted by Crippen LogP contribution is 2.23. The molecule has 0 unspecified atom stereocenters. The van der Waals surface area contributed by atoms with Crippen molar-refractivity contribution >= 4 is 31.3 Å². The molecule has 0 fully saturated rings. The molecule has 0 spiro atoms. The third-order valence-corrected chi connectivity index (χ3v) is 5.32. The molecule has 0 N–H and O–H groups in total. The van der Waals surface area contributed by atoms with Gasteiger partial charge in [-0.25, -0.2) is 0 Å². The number of aromatic nitrogens is 1. The van der Waals surface area contributed by atoms with E-state index in [9.17, 15) is 4.79 Å². The molecule has 0 radical (unpaired) electrons. The number of allylic oxidation sites excluding steroid dienone is 1. The van der Waals surface area contributed by atoms with Gasteiger partial charge in [-0.15, -0.1) is 0 Å². The first kappa shape index (κ1) is 16.7. The van der Waals surface area contributed by atoms with Gasteiger partial charge in [0.25, 0.3) is 0 Å². The SMILES string of the molecule is C/C(C=O)=C\c1cn(COCC[Si](C)(C)C)c2ccccc12. The average molecular weight is 315 g/mol. The van der Waals surface area contributed by atoms with E-state index in [2.05, 4.69) is 42.5 Å². The first-order valence-electron chi connectivity index (χ1n) is 7.70. The fourth-order valence-electron chi connectivity index (χ4n) is 2.32. The zero-order chi connectivity index (χ0) is 16.2. The van der Waals surface area contributed by atoms with Crippen molar-refractivity contribution in [3.63, 3.8) is 0 Å². The third kappa shape index (κ3) is 4.42. The number of benzene rings is 1. The Morgan fingerprint density at radius 3 is 2.68 bits per heavy atom. The summed E-state index contributed by atoms with van der Waals surface area (Å²) >= 11 is 0. The second kappa shape index (κ2) is 7.07. The van der Waals surface area contributed by atoms with Crippen LogP contribution in [0, 0.1) is 0 Å². The van der Waals surface area contributed by atoms with Crippen LogP contribution in [0.2, 0.25) is 25.7 Å². The van der Waals surface area contributed by atoms with Crippen LogP contribution in [0.5, 0.6) is 0 Å². The summed E-state index contributed by atoms with van der Waals surface area (Å²) in [4.78, 5) is 10.9. The van der Waals surface area contributed by atoms with E-state index in [1.807, 2.05) is 25.1 Å². The Hall–Kier alpha value is -1.65. The van der Waals surface area contributed by atoms with E-state index in [0.29, 0.717) is 6.73 Å². The van der Waals surface area contributed by atoms with Gasteiger partial charge < -0.3 is 9.30 Å². The van der Waals surface area contributed by atoms with Crippen LogP contribution in [0.4, 0.5) is 0 Å². The lowest BCUT2D eigenvalue weighted by atomic mass is 10.1. The first-order valence-corrected chi connectivity index (χ1v) is 11.4. The normalized spacial score (nSPS) is 12.8. The Labute approximate surface area is 133 Å². The van der Waals surface area contributed by atoms with Gasteiger partial charge in [0.1, 0.15) is 13.0 Å². The highest BCUT2D eigenvalue weighted by Gasteiger charge is 2.12. The van der Waals surface area contributed by atoms with Gasteiger partial charge in [0.2, 0.25) is 0 Å². The predicted molar refractivity (Wildman–Crippen MR) is 95.8 cm³/mol. The van der Waals surface area contributed by atoms with Gasteiger partial charge in [-0.05, 0) is 30.7 Å². The van der Waals surface area contributed by atoms with Crippen LogP contribution in [-0.2, 0) is 16.3 Å². The maximum atomic E-state index is 10.9. The van der Waals surface area contributed by atoms with E-state index in [4.69, 9.17) is 4.74 Å². The summed E-state index contributed by atoms with van der Waals surface area (Å²) in [6.45, 7) is 10.2. The van der Waals surface area contributed by atoms with Crippen molar-refractivity contribution in [2.75, 3.05) is 6.61 Å². The lowest BCUT2D eigenvalue weighted by molar-refractivity contribution is -0.104. The number of para-hydroxylation sites is 1. The van der Waals surface area contributed by atoms with Gasteiger partial charge in [0, 0.05) is 31.8 Å². The summed E-state index contributed by atoms with van der Waals surface area (Å²) in [6.07, 6.45) is 4.87. The maximum Gasteiger partial charge on any atom is 0.145 e. The molecular formula is C18H25NO2Si. The van der Waals surface area contributed by atoms with Crippen molar-refractivity contribution < 1.29 is 9.53 Å². The number of hydrogen-bond donors (Lipinski definition) is 0. The Morgan fingerprint density at radius 1 is 1.27 bits per heavy atom. The largest absolute Gasteiger partial charge is 0.361 e. The summed E-state index contributed by atoms with van der Waals surface area (Å²) in [7, 11) is -1.05. The fraction of sp³-hybridized carbons (Fsp3) is 0.389. The number of carbonyl (C=O) groups is 1. The third-order valence-electron chi connectivity index (χ3n) is 3.62. The van der Waals surface area contributed by atoms with Crippen LogP contribution in [-0.4, -0.2) is 25.5 Å². The quantitative estimate of drug-likeness (QED) is 0.325. The fourth-order valence-corrected chi connectivity index (χ4v) is 3.07. The summed E-state index contributed by atoms with van der Waals surface area (Å²) in [5.74, 6) is 0. The molecule has 1 heterocycles. The summed E-state index contributed by atoms with van der Waals surface area (Å²) in [5.41, 5.74) is 2.93. The van der Waals surface area contributed by atoms with Crippen LogP contribution in [0.1, 0.15) is 12.5 Å². The average Bonchev–Trinajstić information content (AvgIpc) is 2.81. The van der Waals surface area contributed by atoms with Gasteiger partial charge in [-0.3, -0.25) is 4.79 Å². The van der Waals surface area contributed by atoms with Crippen LogP contribution >= 0.6 is 0 Å². The standard InChI is InChI=1S/C18H25NO2Si/c1-15(13-20)11-16-12-19(14-21-9-10-22(2,3)4)18-8-6-5-7-17(16)18/h5-8,11-13H,9-10,14H2,1-4H3/b15-11+. The Balaban J connectivity index is 2.18. The van der Waals surface area contributed by atoms with Crippen molar-refractivity contribution in [3.8, 4) is 0 Å². The van der Waals surface area contributed by atoms with Crippen molar-refractivity contribution in [1.29, 1.82) is 0 Å². The number of rotatable bonds is 7. The van der Waals surface area contributed by atoms with E-state index >= 15 is 0 Å². The Morgan fingerprint density at radius 2 is 2.00 bits per heavy atom. The molecule has 0 aliphatic heterocycles. The van der Waals surface area contributed by atoms with E-state index < -0.39 is 8.07 Å². The molecule has 0 saturated heterocycles. The molecule has 4 heteroatoms. The zero-order valence-electron chi connectivity index (χ0n) is 13.9. The molecule has 1 aromatic carbocycles. The van der Waals surface area contributed by atoms with Crippen molar-refractivity contribution in [2.45, 2.75) is 39.3 Å². The molecule has 2 rings (SSSR count). The molecule has 0 aliphatic carbocycles. The van der Waals surface area contributed by atoms with Gasteiger partial charge in [-0.1, -0.05) is 37.8 Å². The highest BCUT2D eigenvalue weighted by molar-refractivity contribution is 6.76. The Bertz CT molecular complexity index is 680. The maximum absolute atomic E-state index is 10.9. The van der Waals surface area contributed by atoms with Crippen LogP contribution < -0.4 is 0 Å². The highest BCUT2D eigenvalue weighted by atomic mass is 28.3. The van der Waals surface area contributed by atoms with Gasteiger partial charge in [0.05, 0.1) is 5.52 Å². The molecule has 1 aromatic heterocycles. The molecular weight excluding hydrogens is 290 g/mol. The summed E-state index contributed by atoms with van der Waals surface area (Å²) < 4.78 is 7.97. The van der Waals surface area contributed by atoms with Crippen molar-refractivity contribution in [1.82, 2.24) is 4.57 Å². The van der Waals surface area contributed by atoms with E-state index in [0.717, 1.165) is 34.9 Å². The number of aldehydes is 1. The summed E-state index contributed by atoms with van der Waals surface area (Å²) in [6, 6.07) is 9.39. The summed E-state index contributed by atoms with van der Waals surface area (Å²) in [5, 5.41) is 1.15. The molecule has 118 valence electrons. The van der Waals surface area contributed by atoms with E-state index in [1.54, 1.807) is 0 Å². The minimum Gasteiger partial charge on any atom is -0.361 e. The second-order valence-electron chi connectivity index (χ2n) is 6.93. The molecule has 0 saturated carbocycles. The molecule has 3 nitrogen and oxygen atoms in total. The van der Waals surface area contributed by atoms with Crippen LogP contribution in [0.15, 0.2) is 36.0 Å². The van der Waals surface area contributed by atoms with Gasteiger partial charge >= 0.3 is 0 Å². The topological polar surface area (TPSA) is 31.2 Å². The molecule has 0 aliphatic rings. The molecule has 0 bridgehead atoms. The van der Waals surface area contributed by atoms with Crippen molar-refractivity contribution in [2.24, 2.45) is 0 Å². The zero-order valence-corrected chi connectivity index (χ0v) is 14.9. The Kier molecular flexibility index (Phi) is 5.37. The number of nitrogens with zero attached hydrogens (tertiary/aromatic N) is 1. The smallest absolute Gasteiger partial charge is 0.145 e. The molecule has 0 amide bonds. The number of ether oxygens (including phenoxy) is 1. The minimum atomic E-state index is -1.05. The molecule has 22 heavy (non-hydrogen) atoms. The first-order chi connectivity index (χ1) is 10.4. The number of hydrogen-bond acceptors (Lipinski definition) is 2. The van der Waals surface area contributed by atoms with Crippen molar-refractivity contribution in [3.05, 3.63) is 41.6 Å². The van der Waals surface area contributed by atoms with Gasteiger partial charge in [-0.2, -0.15) is 0 Å². The second-order valence-corrected chi connectivity index (χ2v) is 12.5. The minimum absolute atomic E-state index is 0.555. The van der Waals surface area contributed by atoms with E-state index in [1.165, 1.54) is 6.04 Å². The number of fused-ring (bicyclic) bond motifs is 1. The monoisotopic (exact) mass is 315 g/mol. The van der Waals surface area contributed by atoms with Crippen LogP contribution in [0.25, 0.3) is 17.0 Å². The molecule has 2 aromatic rings.